The van der Waals surface area contributed by atoms with Gasteiger partial charge in [-0.3, -0.25) is 4.99 Å². The van der Waals surface area contributed by atoms with Crippen LogP contribution in [0.2, 0.25) is 0 Å². The number of guanidine groups is 1. The number of aromatic nitrogens is 1. The van der Waals surface area contributed by atoms with Gasteiger partial charge < -0.3 is 19.5 Å². The third-order valence-electron chi connectivity index (χ3n) is 4.75. The van der Waals surface area contributed by atoms with E-state index in [0.717, 1.165) is 32.0 Å². The van der Waals surface area contributed by atoms with Gasteiger partial charge in [0.1, 0.15) is 12.0 Å². The summed E-state index contributed by atoms with van der Waals surface area (Å²) in [4.78, 5) is 6.44. The Labute approximate surface area is 183 Å². The molecule has 11 heteroatoms. The van der Waals surface area contributed by atoms with Crippen LogP contribution in [-0.4, -0.2) is 81.7 Å². The van der Waals surface area contributed by atoms with E-state index in [4.69, 9.17) is 9.26 Å². The van der Waals surface area contributed by atoms with Crippen molar-refractivity contribution in [3.63, 3.8) is 0 Å². The Morgan fingerprint density at radius 2 is 2.11 bits per heavy atom. The molecule has 2 aliphatic rings. The molecule has 2 aliphatic heterocycles. The lowest BCUT2D eigenvalue weighted by Crippen LogP contribution is -2.54. The summed E-state index contributed by atoms with van der Waals surface area (Å²) in [6.45, 7) is 4.39. The van der Waals surface area contributed by atoms with Crippen LogP contribution in [0.15, 0.2) is 33.5 Å². The van der Waals surface area contributed by atoms with Crippen LogP contribution in [0.25, 0.3) is 0 Å². The van der Waals surface area contributed by atoms with Crippen LogP contribution in [0.5, 0.6) is 0 Å². The molecule has 9 nitrogen and oxygen atoms in total. The summed E-state index contributed by atoms with van der Waals surface area (Å²) in [5.41, 5.74) is 1.84. The van der Waals surface area contributed by atoms with Gasteiger partial charge in [-0.25, -0.2) is 8.42 Å². The Morgan fingerprint density at radius 1 is 1.32 bits per heavy atom. The molecular weight excluding hydrogens is 497 g/mol. The highest BCUT2D eigenvalue weighted by Crippen LogP contribution is 2.13. The number of ether oxygens (including phenoxy) is 1. The van der Waals surface area contributed by atoms with Gasteiger partial charge >= 0.3 is 0 Å². The third-order valence-corrected chi connectivity index (χ3v) is 6.56. The molecule has 0 unspecified atom stereocenters. The number of nitrogens with one attached hydrogen (secondary N) is 1. The topological polar surface area (TPSA) is 100 Å². The predicted octanol–water partition coefficient (Wildman–Crippen LogP) is 1.05. The number of hydrogen-bond donors (Lipinski definition) is 1. The van der Waals surface area contributed by atoms with Gasteiger partial charge in [0.15, 0.2) is 5.96 Å². The first-order valence-electron chi connectivity index (χ1n) is 9.17. The van der Waals surface area contributed by atoms with Crippen molar-refractivity contribution in [2.45, 2.75) is 18.6 Å². The summed E-state index contributed by atoms with van der Waals surface area (Å²) in [5.74, 6) is 0.686. The fourth-order valence-corrected chi connectivity index (χ4v) is 4.65. The maximum Gasteiger partial charge on any atom is 0.220 e. The van der Waals surface area contributed by atoms with Crippen molar-refractivity contribution in [2.24, 2.45) is 4.99 Å². The smallest absolute Gasteiger partial charge is 0.220 e. The Kier molecular flexibility index (Phi) is 9.18. The first-order valence-corrected chi connectivity index (χ1v) is 10.8. The number of sulfonamides is 1. The minimum atomic E-state index is -3.39. The molecule has 3 rings (SSSR count). The fraction of sp³-hybridized carbons (Fsp3) is 0.647. The molecule has 0 amide bonds. The van der Waals surface area contributed by atoms with E-state index in [-0.39, 0.29) is 29.7 Å². The van der Waals surface area contributed by atoms with Crippen molar-refractivity contribution in [1.29, 1.82) is 0 Å². The monoisotopic (exact) mass is 525 g/mol. The highest BCUT2D eigenvalue weighted by atomic mass is 127. The molecule has 0 aliphatic carbocycles. The van der Waals surface area contributed by atoms with E-state index in [1.54, 1.807) is 13.1 Å². The van der Waals surface area contributed by atoms with Crippen LogP contribution < -0.4 is 5.32 Å². The molecule has 1 fully saturated rings. The standard InChI is InChI=1S/C17H27N5O4S.HI/c1-18-17(19-6-2-15-3-11-25-12-4-15)21-7-9-22(10-8-21)27(23,24)14-16-5-13-26-20-16;/h3,5,13H,2,4,6-12,14H2,1H3,(H,18,19);1H. The van der Waals surface area contributed by atoms with Crippen LogP contribution in [0.3, 0.4) is 0 Å². The van der Waals surface area contributed by atoms with Crippen molar-refractivity contribution < 1.29 is 17.7 Å². The number of piperazine rings is 1. The minimum absolute atomic E-state index is 0. The quantitative estimate of drug-likeness (QED) is 0.257. The molecule has 28 heavy (non-hydrogen) atoms. The third kappa shape index (κ3) is 6.42. The van der Waals surface area contributed by atoms with Crippen molar-refractivity contribution in [1.82, 2.24) is 19.7 Å². The molecule has 1 aromatic rings. The fourth-order valence-electron chi connectivity index (χ4n) is 3.23. The second-order valence-corrected chi connectivity index (χ2v) is 8.51. The summed E-state index contributed by atoms with van der Waals surface area (Å²) >= 11 is 0. The van der Waals surface area contributed by atoms with Crippen LogP contribution in [0.1, 0.15) is 18.5 Å². The van der Waals surface area contributed by atoms with Crippen molar-refractivity contribution >= 4 is 40.0 Å². The van der Waals surface area contributed by atoms with Gasteiger partial charge in [0.05, 0.1) is 18.9 Å². The maximum atomic E-state index is 12.5. The molecule has 0 saturated carbocycles. The second kappa shape index (κ2) is 11.1. The minimum Gasteiger partial charge on any atom is -0.377 e. The molecule has 0 bridgehead atoms. The summed E-state index contributed by atoms with van der Waals surface area (Å²) in [7, 11) is -1.64. The van der Waals surface area contributed by atoms with E-state index in [9.17, 15) is 8.42 Å². The van der Waals surface area contributed by atoms with Gasteiger partial charge in [0.25, 0.3) is 0 Å². The van der Waals surface area contributed by atoms with E-state index in [1.807, 2.05) is 0 Å². The molecule has 158 valence electrons. The molecular formula is C17H28IN5O4S. The van der Waals surface area contributed by atoms with E-state index in [1.165, 1.54) is 16.1 Å². The number of nitrogens with zero attached hydrogens (tertiary/aromatic N) is 4. The number of rotatable bonds is 6. The van der Waals surface area contributed by atoms with Gasteiger partial charge in [-0.2, -0.15) is 4.31 Å². The SMILES string of the molecule is CN=C(NCCC1=CCOCC1)N1CCN(S(=O)(=O)Cc2ccon2)CC1.I. The van der Waals surface area contributed by atoms with Crippen LogP contribution in [-0.2, 0) is 20.5 Å². The summed E-state index contributed by atoms with van der Waals surface area (Å²) in [5, 5.41) is 7.07. The summed E-state index contributed by atoms with van der Waals surface area (Å²) in [6.07, 6.45) is 5.48. The molecule has 1 saturated heterocycles. The molecule has 0 radical (unpaired) electrons. The van der Waals surface area contributed by atoms with Crippen LogP contribution in [0.4, 0.5) is 0 Å². The molecule has 0 atom stereocenters. The van der Waals surface area contributed by atoms with E-state index < -0.39 is 10.0 Å². The predicted molar refractivity (Wildman–Crippen MR) is 117 cm³/mol. The van der Waals surface area contributed by atoms with Gasteiger partial charge in [0.2, 0.25) is 10.0 Å². The Bertz CT molecular complexity index is 759. The van der Waals surface area contributed by atoms with Gasteiger partial charge in [-0.15, -0.1) is 24.0 Å². The summed E-state index contributed by atoms with van der Waals surface area (Å²) < 4.78 is 36.6. The molecule has 0 aromatic carbocycles. The highest BCUT2D eigenvalue weighted by Gasteiger charge is 2.28. The number of aliphatic imine (C=N–C) groups is 1. The number of halogens is 1. The van der Waals surface area contributed by atoms with Crippen LogP contribution in [0, 0.1) is 0 Å². The molecule has 1 N–H and O–H groups in total. The average molecular weight is 525 g/mol. The van der Waals surface area contributed by atoms with E-state index in [0.29, 0.717) is 38.5 Å². The zero-order valence-corrected chi connectivity index (χ0v) is 19.2. The average Bonchev–Trinajstić information content (AvgIpc) is 3.18. The first-order chi connectivity index (χ1) is 13.1. The first kappa shape index (κ1) is 23.1. The van der Waals surface area contributed by atoms with Gasteiger partial charge in [-0.05, 0) is 12.8 Å². The van der Waals surface area contributed by atoms with E-state index >= 15 is 0 Å². The van der Waals surface area contributed by atoms with Gasteiger partial charge in [-0.1, -0.05) is 16.8 Å². The lowest BCUT2D eigenvalue weighted by molar-refractivity contribution is 0.153. The normalized spacial score (nSPS) is 19.1. The largest absolute Gasteiger partial charge is 0.377 e. The Morgan fingerprint density at radius 3 is 2.71 bits per heavy atom. The zero-order chi connectivity index (χ0) is 19.1. The maximum absolute atomic E-state index is 12.5. The second-order valence-electron chi connectivity index (χ2n) is 6.54. The molecule has 1 aromatic heterocycles. The molecule has 3 heterocycles. The zero-order valence-electron chi connectivity index (χ0n) is 16.0. The molecule has 0 spiro atoms. The Hall–Kier alpha value is -1.18. The lowest BCUT2D eigenvalue weighted by Gasteiger charge is -2.35. The van der Waals surface area contributed by atoms with Crippen molar-refractivity contribution in [2.75, 3.05) is 53.0 Å². The van der Waals surface area contributed by atoms with Crippen molar-refractivity contribution in [3.05, 3.63) is 29.7 Å². The Balaban J connectivity index is 0.00000280. The lowest BCUT2D eigenvalue weighted by atomic mass is 10.1. The number of hydrogen-bond acceptors (Lipinski definition) is 6. The van der Waals surface area contributed by atoms with Crippen molar-refractivity contribution in [3.8, 4) is 0 Å². The highest BCUT2D eigenvalue weighted by molar-refractivity contribution is 14.0. The van der Waals surface area contributed by atoms with Crippen LogP contribution >= 0.6 is 24.0 Å². The summed E-state index contributed by atoms with van der Waals surface area (Å²) in [6, 6.07) is 1.58. The van der Waals surface area contributed by atoms with Gasteiger partial charge in [0, 0.05) is 45.8 Å². The van der Waals surface area contributed by atoms with E-state index in [2.05, 4.69) is 26.4 Å².